The number of rotatable bonds is 3. The van der Waals surface area contributed by atoms with Gasteiger partial charge in [0, 0.05) is 37.6 Å². The highest BCUT2D eigenvalue weighted by Gasteiger charge is 2.20. The molecule has 0 aliphatic rings. The first kappa shape index (κ1) is 16.0. The van der Waals surface area contributed by atoms with Gasteiger partial charge in [-0.15, -0.1) is 0 Å². The highest BCUT2D eigenvalue weighted by Crippen LogP contribution is 2.27. The molecule has 132 valence electrons. The third kappa shape index (κ3) is 2.63. The number of hydrogen-bond acceptors (Lipinski definition) is 6. The topological polar surface area (TPSA) is 104 Å². The van der Waals surface area contributed by atoms with E-state index in [1.807, 2.05) is 27.2 Å². The lowest BCUT2D eigenvalue weighted by molar-refractivity contribution is 0.102. The minimum absolute atomic E-state index is 0.299. The van der Waals surface area contributed by atoms with Crippen LogP contribution in [0.25, 0.3) is 22.4 Å². The minimum atomic E-state index is -0.299. The van der Waals surface area contributed by atoms with E-state index in [2.05, 4.69) is 25.7 Å². The molecule has 4 rings (SSSR count). The summed E-state index contributed by atoms with van der Waals surface area (Å²) < 4.78 is 8.66. The van der Waals surface area contributed by atoms with Crippen molar-refractivity contribution in [2.75, 3.05) is 5.32 Å². The van der Waals surface area contributed by atoms with Crippen LogP contribution in [0.3, 0.4) is 0 Å². The number of carbonyl (C=O) groups is 1. The Morgan fingerprint density at radius 1 is 1.23 bits per heavy atom. The molecular formula is C17H17N7O2. The highest BCUT2D eigenvalue weighted by molar-refractivity contribution is 6.12. The van der Waals surface area contributed by atoms with Crippen molar-refractivity contribution in [1.82, 2.24) is 29.7 Å². The monoisotopic (exact) mass is 351 g/mol. The molecule has 0 aromatic carbocycles. The van der Waals surface area contributed by atoms with E-state index >= 15 is 0 Å². The normalized spacial score (nSPS) is 11.2. The van der Waals surface area contributed by atoms with E-state index in [-0.39, 0.29) is 5.91 Å². The molecule has 0 unspecified atom stereocenters. The van der Waals surface area contributed by atoms with E-state index in [0.717, 1.165) is 11.3 Å². The average Bonchev–Trinajstić information content (AvgIpc) is 3.27. The van der Waals surface area contributed by atoms with Gasteiger partial charge in [0.25, 0.3) is 11.6 Å². The van der Waals surface area contributed by atoms with Gasteiger partial charge in [0.15, 0.2) is 5.82 Å². The molecule has 0 saturated carbocycles. The van der Waals surface area contributed by atoms with E-state index in [9.17, 15) is 4.79 Å². The number of carbonyl (C=O) groups excluding carboxylic acids is 1. The van der Waals surface area contributed by atoms with Gasteiger partial charge in [-0.25, -0.2) is 4.98 Å². The summed E-state index contributed by atoms with van der Waals surface area (Å²) in [6.07, 6.45) is 3.50. The van der Waals surface area contributed by atoms with Gasteiger partial charge >= 0.3 is 0 Å². The number of anilines is 1. The second-order valence-corrected chi connectivity index (χ2v) is 6.15. The van der Waals surface area contributed by atoms with Crippen molar-refractivity contribution >= 4 is 22.8 Å². The predicted octanol–water partition coefficient (Wildman–Crippen LogP) is 2.23. The van der Waals surface area contributed by atoms with Crippen LogP contribution in [0.4, 0.5) is 5.82 Å². The SMILES string of the molecule is Cc1noc2nc(-c3cnn(C)c3)cc(C(=O)Nc3cc(C)n(C)n3)c12. The van der Waals surface area contributed by atoms with Crippen LogP contribution < -0.4 is 5.32 Å². The Labute approximate surface area is 148 Å². The summed E-state index contributed by atoms with van der Waals surface area (Å²) in [5, 5.41) is 15.8. The molecule has 0 saturated heterocycles. The van der Waals surface area contributed by atoms with Crippen LogP contribution in [0.15, 0.2) is 29.0 Å². The lowest BCUT2D eigenvalue weighted by Gasteiger charge is -2.05. The molecule has 0 spiro atoms. The summed E-state index contributed by atoms with van der Waals surface area (Å²) in [6, 6.07) is 3.52. The number of aryl methyl sites for hydroxylation is 4. The molecule has 4 aromatic heterocycles. The quantitative estimate of drug-likeness (QED) is 0.607. The lowest BCUT2D eigenvalue weighted by atomic mass is 10.1. The third-order valence-corrected chi connectivity index (χ3v) is 4.22. The van der Waals surface area contributed by atoms with Crippen LogP contribution in [-0.2, 0) is 14.1 Å². The molecular weight excluding hydrogens is 334 g/mol. The molecule has 1 amide bonds. The maximum Gasteiger partial charge on any atom is 0.259 e. The third-order valence-electron chi connectivity index (χ3n) is 4.22. The van der Waals surface area contributed by atoms with Crippen molar-refractivity contribution in [2.45, 2.75) is 13.8 Å². The highest BCUT2D eigenvalue weighted by atomic mass is 16.5. The van der Waals surface area contributed by atoms with Crippen molar-refractivity contribution in [3.8, 4) is 11.3 Å². The fraction of sp³-hybridized carbons (Fsp3) is 0.235. The van der Waals surface area contributed by atoms with Crippen LogP contribution in [0, 0.1) is 13.8 Å². The predicted molar refractivity (Wildman–Crippen MR) is 94.6 cm³/mol. The molecule has 0 fully saturated rings. The number of fused-ring (bicyclic) bond motifs is 1. The Balaban J connectivity index is 1.81. The van der Waals surface area contributed by atoms with Gasteiger partial charge in [-0.3, -0.25) is 14.2 Å². The van der Waals surface area contributed by atoms with Gasteiger partial charge in [0.2, 0.25) is 0 Å². The molecule has 9 nitrogen and oxygen atoms in total. The summed E-state index contributed by atoms with van der Waals surface area (Å²) in [5.41, 5.74) is 3.65. The first-order valence-corrected chi connectivity index (χ1v) is 8.00. The van der Waals surface area contributed by atoms with Gasteiger partial charge < -0.3 is 9.84 Å². The van der Waals surface area contributed by atoms with Crippen LogP contribution in [0.1, 0.15) is 21.7 Å². The molecule has 0 atom stereocenters. The number of amides is 1. The molecule has 0 aliphatic carbocycles. The molecule has 0 bridgehead atoms. The maximum atomic E-state index is 12.9. The van der Waals surface area contributed by atoms with Crippen molar-refractivity contribution in [3.63, 3.8) is 0 Å². The lowest BCUT2D eigenvalue weighted by Crippen LogP contribution is -2.13. The van der Waals surface area contributed by atoms with Crippen molar-refractivity contribution in [1.29, 1.82) is 0 Å². The van der Waals surface area contributed by atoms with Gasteiger partial charge in [-0.05, 0) is 19.9 Å². The standard InChI is InChI=1S/C17H17N7O2/c1-9-5-14(21-24(9)4)20-16(25)12-6-13(11-7-18-23(3)8-11)19-17-15(12)10(2)22-26-17/h5-8H,1-4H3,(H,20,21,25). The summed E-state index contributed by atoms with van der Waals surface area (Å²) in [6.45, 7) is 3.69. The van der Waals surface area contributed by atoms with E-state index in [1.54, 1.807) is 34.6 Å². The van der Waals surface area contributed by atoms with Crippen molar-refractivity contribution in [3.05, 3.63) is 41.5 Å². The zero-order chi connectivity index (χ0) is 18.4. The Bertz CT molecular complexity index is 1120. The zero-order valence-electron chi connectivity index (χ0n) is 14.8. The van der Waals surface area contributed by atoms with E-state index < -0.39 is 0 Å². The van der Waals surface area contributed by atoms with Gasteiger partial charge in [0.1, 0.15) is 0 Å². The molecule has 1 N–H and O–H groups in total. The summed E-state index contributed by atoms with van der Waals surface area (Å²) >= 11 is 0. The molecule has 4 aromatic rings. The number of nitrogens with zero attached hydrogens (tertiary/aromatic N) is 6. The van der Waals surface area contributed by atoms with Gasteiger partial charge in [-0.2, -0.15) is 10.2 Å². The van der Waals surface area contributed by atoms with Crippen LogP contribution in [-0.4, -0.2) is 35.6 Å². The fourth-order valence-corrected chi connectivity index (χ4v) is 2.78. The maximum absolute atomic E-state index is 12.9. The van der Waals surface area contributed by atoms with Crippen LogP contribution in [0.2, 0.25) is 0 Å². The Kier molecular flexibility index (Phi) is 3.57. The van der Waals surface area contributed by atoms with Crippen LogP contribution >= 0.6 is 0 Å². The number of pyridine rings is 1. The second kappa shape index (κ2) is 5.80. The first-order valence-electron chi connectivity index (χ1n) is 8.00. The smallest absolute Gasteiger partial charge is 0.259 e. The largest absolute Gasteiger partial charge is 0.335 e. The molecule has 0 aliphatic heterocycles. The Hall–Kier alpha value is -3.49. The van der Waals surface area contributed by atoms with Crippen molar-refractivity contribution < 1.29 is 9.32 Å². The molecule has 4 heterocycles. The summed E-state index contributed by atoms with van der Waals surface area (Å²) in [7, 11) is 3.64. The van der Waals surface area contributed by atoms with E-state index in [1.165, 1.54) is 0 Å². The summed E-state index contributed by atoms with van der Waals surface area (Å²) in [5.74, 6) is 0.184. The van der Waals surface area contributed by atoms with E-state index in [4.69, 9.17) is 4.52 Å². The van der Waals surface area contributed by atoms with Crippen molar-refractivity contribution in [2.24, 2.45) is 14.1 Å². The minimum Gasteiger partial charge on any atom is -0.335 e. The summed E-state index contributed by atoms with van der Waals surface area (Å²) in [4.78, 5) is 17.4. The van der Waals surface area contributed by atoms with Gasteiger partial charge in [-0.1, -0.05) is 5.16 Å². The zero-order valence-corrected chi connectivity index (χ0v) is 14.8. The number of aromatic nitrogens is 6. The second-order valence-electron chi connectivity index (χ2n) is 6.15. The number of hydrogen-bond donors (Lipinski definition) is 1. The fourth-order valence-electron chi connectivity index (χ4n) is 2.78. The molecule has 26 heavy (non-hydrogen) atoms. The molecule has 9 heteroatoms. The number of nitrogens with one attached hydrogen (secondary N) is 1. The van der Waals surface area contributed by atoms with E-state index in [0.29, 0.717) is 33.9 Å². The molecule has 0 radical (unpaired) electrons. The van der Waals surface area contributed by atoms with Gasteiger partial charge in [0.05, 0.1) is 28.5 Å². The first-order chi connectivity index (χ1) is 12.4. The Morgan fingerprint density at radius 3 is 2.69 bits per heavy atom. The average molecular weight is 351 g/mol. The Morgan fingerprint density at radius 2 is 2.04 bits per heavy atom. The van der Waals surface area contributed by atoms with Crippen LogP contribution in [0.5, 0.6) is 0 Å².